The number of rotatable bonds is 7. The minimum atomic E-state index is 0.898. The summed E-state index contributed by atoms with van der Waals surface area (Å²) in [5.74, 6) is 1.01. The lowest BCUT2D eigenvalue weighted by Crippen LogP contribution is -2.18. The number of hydrogen-bond acceptors (Lipinski definition) is 3. The first-order valence-corrected chi connectivity index (χ1v) is 7.20. The summed E-state index contributed by atoms with van der Waals surface area (Å²) in [5, 5.41) is 3.39. The van der Waals surface area contributed by atoms with Crippen molar-refractivity contribution in [2.75, 3.05) is 18.9 Å². The Labute approximate surface area is 121 Å². The van der Waals surface area contributed by atoms with E-state index in [1.165, 1.54) is 11.1 Å². The van der Waals surface area contributed by atoms with Gasteiger partial charge in [0.2, 0.25) is 0 Å². The molecule has 0 fully saturated rings. The maximum absolute atomic E-state index is 4.44. The molecule has 0 saturated heterocycles. The zero-order valence-electron chi connectivity index (χ0n) is 12.3. The highest BCUT2D eigenvalue weighted by atomic mass is 15.1. The quantitative estimate of drug-likeness (QED) is 0.833. The van der Waals surface area contributed by atoms with Gasteiger partial charge < -0.3 is 5.32 Å². The van der Waals surface area contributed by atoms with Crippen LogP contribution in [-0.4, -0.2) is 23.5 Å². The van der Waals surface area contributed by atoms with Gasteiger partial charge in [0, 0.05) is 31.4 Å². The van der Waals surface area contributed by atoms with E-state index in [-0.39, 0.29) is 0 Å². The van der Waals surface area contributed by atoms with E-state index in [1.54, 1.807) is 0 Å². The summed E-state index contributed by atoms with van der Waals surface area (Å²) in [6, 6.07) is 14.7. The van der Waals surface area contributed by atoms with Crippen molar-refractivity contribution >= 4 is 5.82 Å². The van der Waals surface area contributed by atoms with E-state index < -0.39 is 0 Å². The van der Waals surface area contributed by atoms with Gasteiger partial charge >= 0.3 is 0 Å². The van der Waals surface area contributed by atoms with Crippen LogP contribution in [0.25, 0.3) is 0 Å². The molecule has 1 aromatic heterocycles. The van der Waals surface area contributed by atoms with Crippen LogP contribution in [0.3, 0.4) is 0 Å². The second-order valence-electron chi connectivity index (χ2n) is 5.10. The average Bonchev–Trinajstić information content (AvgIpc) is 2.47. The van der Waals surface area contributed by atoms with Gasteiger partial charge in [0.1, 0.15) is 5.82 Å². The molecule has 3 nitrogen and oxygen atoms in total. The first-order valence-electron chi connectivity index (χ1n) is 7.20. The molecule has 0 unspecified atom stereocenters. The molecule has 20 heavy (non-hydrogen) atoms. The highest BCUT2D eigenvalue weighted by Crippen LogP contribution is 2.15. The Bertz CT molecular complexity index is 511. The molecule has 3 heteroatoms. The van der Waals surface area contributed by atoms with Crippen LogP contribution in [0.5, 0.6) is 0 Å². The van der Waals surface area contributed by atoms with E-state index in [0.29, 0.717) is 0 Å². The maximum Gasteiger partial charge on any atom is 0.130 e. The molecule has 0 atom stereocenters. The zero-order chi connectivity index (χ0) is 14.2. The number of pyridine rings is 1. The Morgan fingerprint density at radius 3 is 2.60 bits per heavy atom. The minimum absolute atomic E-state index is 0.898. The third kappa shape index (κ3) is 4.35. The number of aromatic nitrogens is 1. The molecule has 1 aromatic carbocycles. The Morgan fingerprint density at radius 1 is 1.05 bits per heavy atom. The van der Waals surface area contributed by atoms with Crippen molar-refractivity contribution < 1.29 is 0 Å². The first kappa shape index (κ1) is 14.5. The summed E-state index contributed by atoms with van der Waals surface area (Å²) in [6.07, 6.45) is 2.95. The highest BCUT2D eigenvalue weighted by Gasteiger charge is 2.06. The van der Waals surface area contributed by atoms with Crippen LogP contribution >= 0.6 is 0 Å². The van der Waals surface area contributed by atoms with Crippen LogP contribution < -0.4 is 5.32 Å². The number of anilines is 1. The number of nitrogens with one attached hydrogen (secondary N) is 1. The molecule has 0 amide bonds. The minimum Gasteiger partial charge on any atom is -0.370 e. The molecule has 0 radical (unpaired) electrons. The van der Waals surface area contributed by atoms with Crippen molar-refractivity contribution in [2.45, 2.75) is 26.4 Å². The molecular weight excluding hydrogens is 246 g/mol. The predicted octanol–water partition coefficient (Wildman–Crippen LogP) is 3.54. The van der Waals surface area contributed by atoms with Gasteiger partial charge in [-0.3, -0.25) is 4.90 Å². The third-order valence-electron chi connectivity index (χ3n) is 3.17. The monoisotopic (exact) mass is 269 g/mol. The molecule has 2 rings (SSSR count). The fourth-order valence-corrected chi connectivity index (χ4v) is 2.21. The molecule has 0 spiro atoms. The van der Waals surface area contributed by atoms with Gasteiger partial charge in [0.05, 0.1) is 0 Å². The lowest BCUT2D eigenvalue weighted by molar-refractivity contribution is 0.319. The van der Waals surface area contributed by atoms with E-state index in [1.807, 2.05) is 12.3 Å². The Balaban J connectivity index is 1.98. The van der Waals surface area contributed by atoms with E-state index in [2.05, 4.69) is 65.6 Å². The molecule has 0 aliphatic rings. The van der Waals surface area contributed by atoms with Gasteiger partial charge in [0.15, 0.2) is 0 Å². The van der Waals surface area contributed by atoms with Crippen LogP contribution in [-0.2, 0) is 13.1 Å². The highest BCUT2D eigenvalue weighted by molar-refractivity contribution is 5.43. The summed E-state index contributed by atoms with van der Waals surface area (Å²) in [4.78, 5) is 6.75. The second-order valence-corrected chi connectivity index (χ2v) is 5.10. The Hall–Kier alpha value is -1.87. The molecule has 1 N–H and O–H groups in total. The fourth-order valence-electron chi connectivity index (χ4n) is 2.21. The van der Waals surface area contributed by atoms with Gasteiger partial charge in [-0.05, 0) is 25.1 Å². The third-order valence-corrected chi connectivity index (χ3v) is 3.17. The van der Waals surface area contributed by atoms with Crippen molar-refractivity contribution in [1.82, 2.24) is 9.88 Å². The number of benzene rings is 1. The molecule has 1 heterocycles. The van der Waals surface area contributed by atoms with Crippen LogP contribution in [0, 0.1) is 0 Å². The van der Waals surface area contributed by atoms with Crippen LogP contribution in [0.1, 0.15) is 24.5 Å². The van der Waals surface area contributed by atoms with Gasteiger partial charge in [-0.1, -0.05) is 43.3 Å². The first-order chi connectivity index (χ1) is 9.79. The standard InChI is InChI=1S/C17H23N3/c1-3-11-18-17-16(10-7-12-19-17)14-20(2)13-15-8-5-4-6-9-15/h4-10,12H,3,11,13-14H2,1-2H3,(H,18,19). The van der Waals surface area contributed by atoms with E-state index in [0.717, 1.165) is 31.9 Å². The van der Waals surface area contributed by atoms with Crippen LogP contribution in [0.4, 0.5) is 5.82 Å². The largest absolute Gasteiger partial charge is 0.370 e. The van der Waals surface area contributed by atoms with Crippen molar-refractivity contribution in [3.63, 3.8) is 0 Å². The molecule has 0 aliphatic heterocycles. The van der Waals surface area contributed by atoms with Gasteiger partial charge in [-0.25, -0.2) is 4.98 Å². The van der Waals surface area contributed by atoms with Gasteiger partial charge in [-0.2, -0.15) is 0 Å². The van der Waals surface area contributed by atoms with Crippen molar-refractivity contribution in [2.24, 2.45) is 0 Å². The number of nitrogens with zero attached hydrogens (tertiary/aromatic N) is 2. The van der Waals surface area contributed by atoms with Crippen molar-refractivity contribution in [3.8, 4) is 0 Å². The van der Waals surface area contributed by atoms with Gasteiger partial charge in [-0.15, -0.1) is 0 Å². The summed E-state index contributed by atoms with van der Waals surface area (Å²) < 4.78 is 0. The zero-order valence-corrected chi connectivity index (χ0v) is 12.3. The molecule has 2 aromatic rings. The van der Waals surface area contributed by atoms with Crippen molar-refractivity contribution in [3.05, 3.63) is 59.8 Å². The summed E-state index contributed by atoms with van der Waals surface area (Å²) in [7, 11) is 2.14. The van der Waals surface area contributed by atoms with E-state index in [4.69, 9.17) is 0 Å². The molecule has 0 aliphatic carbocycles. The SMILES string of the molecule is CCCNc1ncccc1CN(C)Cc1ccccc1. The normalized spacial score (nSPS) is 10.8. The summed E-state index contributed by atoms with van der Waals surface area (Å²) in [5.41, 5.74) is 2.58. The van der Waals surface area contributed by atoms with E-state index in [9.17, 15) is 0 Å². The smallest absolute Gasteiger partial charge is 0.130 e. The van der Waals surface area contributed by atoms with Gasteiger partial charge in [0.25, 0.3) is 0 Å². The second kappa shape index (κ2) is 7.65. The molecular formula is C17H23N3. The molecule has 0 saturated carbocycles. The lowest BCUT2D eigenvalue weighted by Gasteiger charge is -2.18. The van der Waals surface area contributed by atoms with E-state index >= 15 is 0 Å². The fraction of sp³-hybridized carbons (Fsp3) is 0.353. The molecule has 106 valence electrons. The Kier molecular flexibility index (Phi) is 5.56. The maximum atomic E-state index is 4.44. The molecule has 0 bridgehead atoms. The van der Waals surface area contributed by atoms with Crippen LogP contribution in [0.15, 0.2) is 48.7 Å². The summed E-state index contributed by atoms with van der Waals surface area (Å²) >= 11 is 0. The topological polar surface area (TPSA) is 28.2 Å². The number of hydrogen-bond donors (Lipinski definition) is 1. The Morgan fingerprint density at radius 2 is 1.85 bits per heavy atom. The summed E-state index contributed by atoms with van der Waals surface area (Å²) in [6.45, 7) is 4.97. The predicted molar refractivity (Wildman–Crippen MR) is 84.6 cm³/mol. The average molecular weight is 269 g/mol. The van der Waals surface area contributed by atoms with Crippen molar-refractivity contribution in [1.29, 1.82) is 0 Å². The lowest BCUT2D eigenvalue weighted by atomic mass is 10.2. The van der Waals surface area contributed by atoms with Crippen LogP contribution in [0.2, 0.25) is 0 Å².